The summed E-state index contributed by atoms with van der Waals surface area (Å²) >= 11 is 0. The van der Waals surface area contributed by atoms with Gasteiger partial charge in [0, 0.05) is 44.6 Å². The first kappa shape index (κ1) is 25.6. The molecule has 11 rings (SSSR count). The van der Waals surface area contributed by atoms with E-state index in [1.165, 1.54) is 27.4 Å². The number of para-hydroxylation sites is 4. The Balaban J connectivity index is 1.24. The Hall–Kier alpha value is -6.59. The van der Waals surface area contributed by atoms with E-state index >= 15 is 0 Å². The number of rotatable bonds is 2. The molecule has 10 aromatic rings. The Bertz CT molecular complexity index is 2950. The lowest BCUT2D eigenvalue weighted by Gasteiger charge is -2.12. The molecule has 5 nitrogen and oxygen atoms in total. The van der Waals surface area contributed by atoms with Crippen LogP contribution in [0.2, 0.25) is 0 Å². The predicted molar refractivity (Wildman–Crippen MR) is 196 cm³/mol. The van der Waals surface area contributed by atoms with Crippen molar-refractivity contribution in [1.29, 1.82) is 0 Å². The second kappa shape index (κ2) is 9.47. The van der Waals surface area contributed by atoms with Crippen LogP contribution in [0.25, 0.3) is 99.8 Å². The van der Waals surface area contributed by atoms with Gasteiger partial charge in [0.15, 0.2) is 5.82 Å². The van der Waals surface area contributed by atoms with Crippen molar-refractivity contribution in [2.45, 2.75) is 0 Å². The summed E-state index contributed by atoms with van der Waals surface area (Å²) in [6.45, 7) is 0. The maximum atomic E-state index is 5.25. The number of hydrogen-bond donors (Lipinski definition) is 0. The Morgan fingerprint density at radius 2 is 1.15 bits per heavy atom. The van der Waals surface area contributed by atoms with Gasteiger partial charge in [-0.05, 0) is 83.4 Å². The summed E-state index contributed by atoms with van der Waals surface area (Å²) in [7, 11) is 0. The third kappa shape index (κ3) is 3.42. The molecule has 1 aliphatic heterocycles. The summed E-state index contributed by atoms with van der Waals surface area (Å²) in [5.74, 6) is 0.807. The van der Waals surface area contributed by atoms with Crippen molar-refractivity contribution in [3.8, 4) is 45.0 Å². The molecule has 48 heavy (non-hydrogen) atoms. The Morgan fingerprint density at radius 1 is 0.438 bits per heavy atom. The quantitative estimate of drug-likeness (QED) is 0.195. The van der Waals surface area contributed by atoms with Crippen molar-refractivity contribution in [2.75, 3.05) is 0 Å². The Morgan fingerprint density at radius 3 is 2.04 bits per heavy atom. The summed E-state index contributed by atoms with van der Waals surface area (Å²) in [4.78, 5) is 15.4. The van der Waals surface area contributed by atoms with Gasteiger partial charge in [-0.3, -0.25) is 4.57 Å². The van der Waals surface area contributed by atoms with Gasteiger partial charge >= 0.3 is 0 Å². The molecule has 0 unspecified atom stereocenters. The van der Waals surface area contributed by atoms with Gasteiger partial charge in [-0.15, -0.1) is 0 Å². The highest BCUT2D eigenvalue weighted by atomic mass is 15.1. The van der Waals surface area contributed by atoms with Gasteiger partial charge in [0.1, 0.15) is 11.3 Å². The van der Waals surface area contributed by atoms with E-state index < -0.39 is 0 Å². The highest BCUT2D eigenvalue weighted by Gasteiger charge is 2.28. The summed E-state index contributed by atoms with van der Waals surface area (Å²) in [5.41, 5.74) is 13.8. The minimum atomic E-state index is 0.807. The maximum Gasteiger partial charge on any atom is 0.166 e. The van der Waals surface area contributed by atoms with Crippen molar-refractivity contribution >= 4 is 54.8 Å². The van der Waals surface area contributed by atoms with Crippen LogP contribution in [0, 0.1) is 0 Å². The molecule has 1 aliphatic rings. The largest absolute Gasteiger partial charge is 0.309 e. The van der Waals surface area contributed by atoms with E-state index in [9.17, 15) is 0 Å². The molecule has 0 spiro atoms. The fraction of sp³-hybridized carbons (Fsp3) is 0. The third-order valence-electron chi connectivity index (χ3n) is 9.88. The number of pyridine rings is 1. The molecule has 0 aliphatic carbocycles. The molecular weight excluding hydrogens is 587 g/mol. The topological polar surface area (TPSA) is 48.5 Å². The van der Waals surface area contributed by atoms with Crippen LogP contribution in [0.1, 0.15) is 0 Å². The van der Waals surface area contributed by atoms with E-state index in [-0.39, 0.29) is 0 Å². The minimum absolute atomic E-state index is 0.807. The van der Waals surface area contributed by atoms with Gasteiger partial charge < -0.3 is 4.57 Å². The lowest BCUT2D eigenvalue weighted by Crippen LogP contribution is -2.03. The molecule has 0 atom stereocenters. The van der Waals surface area contributed by atoms with Crippen LogP contribution >= 0.6 is 0 Å². The lowest BCUT2D eigenvalue weighted by molar-refractivity contribution is 1.06. The SMILES string of the molecule is c1ccc(-n2c3ccccc3c3cc(-c4cc5c6c(c4)c4cccnc4n6-c4nc6ccccc6nc4-c4ccccc4-5)ccc32)cc1. The number of nitrogens with zero attached hydrogens (tertiary/aromatic N) is 5. The molecule has 6 aromatic carbocycles. The number of benzene rings is 6. The van der Waals surface area contributed by atoms with Gasteiger partial charge in [-0.1, -0.05) is 78.9 Å². The van der Waals surface area contributed by atoms with Crippen LogP contribution < -0.4 is 0 Å². The molecule has 222 valence electrons. The zero-order valence-corrected chi connectivity index (χ0v) is 25.7. The van der Waals surface area contributed by atoms with Crippen molar-refractivity contribution in [1.82, 2.24) is 24.1 Å². The van der Waals surface area contributed by atoms with Gasteiger partial charge in [0.05, 0.1) is 27.6 Å². The monoisotopic (exact) mass is 611 g/mol. The van der Waals surface area contributed by atoms with Gasteiger partial charge in [-0.25, -0.2) is 15.0 Å². The Kier molecular flexibility index (Phi) is 5.05. The van der Waals surface area contributed by atoms with Crippen molar-refractivity contribution in [2.24, 2.45) is 0 Å². The van der Waals surface area contributed by atoms with Crippen molar-refractivity contribution in [3.63, 3.8) is 0 Å². The first-order valence-corrected chi connectivity index (χ1v) is 16.2. The number of fused-ring (bicyclic) bond motifs is 12. The third-order valence-corrected chi connectivity index (χ3v) is 9.88. The predicted octanol–water partition coefficient (Wildman–Crippen LogP) is 10.5. The van der Waals surface area contributed by atoms with Gasteiger partial charge in [0.25, 0.3) is 0 Å². The summed E-state index contributed by atoms with van der Waals surface area (Å²) in [6, 6.07) is 51.8. The van der Waals surface area contributed by atoms with Crippen molar-refractivity contribution < 1.29 is 0 Å². The van der Waals surface area contributed by atoms with Crippen LogP contribution in [0.4, 0.5) is 0 Å². The molecule has 0 fully saturated rings. The standard InChI is InChI=1S/C43H25N5/c1-2-11-28(12-3-1)47-38-19-9-6-14-30(38)33-23-26(20-21-39(33)47)27-24-34-29-13-4-5-15-31(29)40-43(46-37-18-8-7-17-36(37)45-40)48-41(34)35(25-27)32-16-10-22-44-42(32)48/h1-25H. The average molecular weight is 612 g/mol. The fourth-order valence-electron chi connectivity index (χ4n) is 7.81. The average Bonchev–Trinajstić information content (AvgIpc) is 3.63. The molecule has 5 heteroatoms. The first-order chi connectivity index (χ1) is 23.8. The molecule has 0 N–H and O–H groups in total. The summed E-state index contributed by atoms with van der Waals surface area (Å²) < 4.78 is 4.59. The summed E-state index contributed by atoms with van der Waals surface area (Å²) in [6.07, 6.45) is 1.87. The van der Waals surface area contributed by atoms with E-state index in [2.05, 4.69) is 124 Å². The molecule has 0 bridgehead atoms. The molecule has 0 radical (unpaired) electrons. The van der Waals surface area contributed by atoms with E-state index in [4.69, 9.17) is 15.0 Å². The number of hydrogen-bond acceptors (Lipinski definition) is 3. The highest BCUT2D eigenvalue weighted by molar-refractivity contribution is 6.17. The van der Waals surface area contributed by atoms with Crippen LogP contribution in [0.3, 0.4) is 0 Å². The zero-order valence-electron chi connectivity index (χ0n) is 25.7. The lowest BCUT2D eigenvalue weighted by atomic mass is 9.92. The van der Waals surface area contributed by atoms with Crippen LogP contribution in [0.5, 0.6) is 0 Å². The van der Waals surface area contributed by atoms with Crippen LogP contribution in [0.15, 0.2) is 152 Å². The molecule has 0 amide bonds. The number of aromatic nitrogens is 5. The Labute approximate surface area is 275 Å². The molecule has 0 saturated carbocycles. The van der Waals surface area contributed by atoms with E-state index in [0.717, 1.165) is 72.4 Å². The molecular formula is C43H25N5. The minimum Gasteiger partial charge on any atom is -0.309 e. The van der Waals surface area contributed by atoms with E-state index in [1.807, 2.05) is 36.5 Å². The second-order valence-electron chi connectivity index (χ2n) is 12.5. The van der Waals surface area contributed by atoms with Crippen LogP contribution in [-0.4, -0.2) is 24.1 Å². The smallest absolute Gasteiger partial charge is 0.166 e. The highest BCUT2D eigenvalue weighted by Crippen LogP contribution is 2.47. The van der Waals surface area contributed by atoms with Crippen molar-refractivity contribution in [3.05, 3.63) is 152 Å². The first-order valence-electron chi connectivity index (χ1n) is 16.2. The summed E-state index contributed by atoms with van der Waals surface area (Å²) in [5, 5.41) is 4.71. The normalized spacial score (nSPS) is 12.2. The zero-order chi connectivity index (χ0) is 31.3. The van der Waals surface area contributed by atoms with Gasteiger partial charge in [0.2, 0.25) is 0 Å². The van der Waals surface area contributed by atoms with Gasteiger partial charge in [-0.2, -0.15) is 0 Å². The molecule has 0 saturated heterocycles. The van der Waals surface area contributed by atoms with E-state index in [0.29, 0.717) is 0 Å². The van der Waals surface area contributed by atoms with Crippen LogP contribution in [-0.2, 0) is 0 Å². The van der Waals surface area contributed by atoms with E-state index in [1.54, 1.807) is 0 Å². The molecule has 4 aromatic heterocycles. The second-order valence-corrected chi connectivity index (χ2v) is 12.5. The maximum absolute atomic E-state index is 5.25. The molecule has 5 heterocycles. The fourth-order valence-corrected chi connectivity index (χ4v) is 7.81.